The van der Waals surface area contributed by atoms with E-state index in [0.717, 1.165) is 0 Å². The topological polar surface area (TPSA) is 66.4 Å². The number of carboxylic acids is 1. The van der Waals surface area contributed by atoms with Gasteiger partial charge in [0.1, 0.15) is 6.04 Å². The van der Waals surface area contributed by atoms with Crippen molar-refractivity contribution in [2.24, 2.45) is 5.41 Å². The van der Waals surface area contributed by atoms with Gasteiger partial charge in [-0.25, -0.2) is 4.79 Å². The first-order chi connectivity index (χ1) is 6.72. The summed E-state index contributed by atoms with van der Waals surface area (Å²) in [4.78, 5) is 21.4. The Kier molecular flexibility index (Phi) is 4.86. The second-order valence-electron chi connectivity index (χ2n) is 4.35. The number of carboxylic acid groups (broad SMARTS) is 1. The van der Waals surface area contributed by atoms with Crippen molar-refractivity contribution in [1.29, 1.82) is 0 Å². The maximum atomic E-state index is 10.7. The maximum Gasteiger partial charge on any atom is 0.327 e. The Balaban J connectivity index is 4.36. The highest BCUT2D eigenvalue weighted by Crippen LogP contribution is 2.10. The van der Waals surface area contributed by atoms with Gasteiger partial charge < -0.3 is 10.4 Å². The third-order valence-electron chi connectivity index (χ3n) is 1.45. The van der Waals surface area contributed by atoms with E-state index < -0.39 is 12.0 Å². The monoisotopic (exact) mass is 211 g/mol. The molecule has 0 aliphatic heterocycles. The van der Waals surface area contributed by atoms with Gasteiger partial charge in [0.2, 0.25) is 5.91 Å². The number of rotatable bonds is 3. The normalized spacial score (nSPS) is 12.3. The summed E-state index contributed by atoms with van der Waals surface area (Å²) in [6.07, 6.45) is 0.131. The first-order valence-corrected chi connectivity index (χ1v) is 4.72. The van der Waals surface area contributed by atoms with Crippen molar-refractivity contribution < 1.29 is 14.7 Å². The Morgan fingerprint density at radius 2 is 1.93 bits per heavy atom. The Morgan fingerprint density at radius 1 is 1.40 bits per heavy atom. The minimum atomic E-state index is -1.06. The summed E-state index contributed by atoms with van der Waals surface area (Å²) in [7, 11) is 0. The second kappa shape index (κ2) is 5.40. The SMILES string of the molecule is CC(=O)NC(CC#CC(C)(C)C)C(=O)O. The largest absolute Gasteiger partial charge is 0.480 e. The molecule has 0 fully saturated rings. The average molecular weight is 211 g/mol. The predicted molar refractivity (Wildman–Crippen MR) is 57.1 cm³/mol. The molecule has 0 aromatic carbocycles. The maximum absolute atomic E-state index is 10.7. The van der Waals surface area contributed by atoms with Crippen molar-refractivity contribution in [2.75, 3.05) is 0 Å². The molecule has 1 atom stereocenters. The average Bonchev–Trinajstić information content (AvgIpc) is 1.99. The Hall–Kier alpha value is -1.50. The highest BCUT2D eigenvalue weighted by Gasteiger charge is 2.16. The molecule has 84 valence electrons. The quantitative estimate of drug-likeness (QED) is 0.685. The Labute approximate surface area is 90.1 Å². The van der Waals surface area contributed by atoms with Crippen molar-refractivity contribution in [3.63, 3.8) is 0 Å². The molecule has 0 rings (SSSR count). The third-order valence-corrected chi connectivity index (χ3v) is 1.45. The summed E-state index contributed by atoms with van der Waals surface area (Å²) in [5.74, 6) is 4.26. The van der Waals surface area contributed by atoms with Gasteiger partial charge >= 0.3 is 5.97 Å². The van der Waals surface area contributed by atoms with Crippen LogP contribution in [0.5, 0.6) is 0 Å². The first-order valence-electron chi connectivity index (χ1n) is 4.72. The van der Waals surface area contributed by atoms with Crippen molar-refractivity contribution in [3.05, 3.63) is 0 Å². The van der Waals surface area contributed by atoms with Gasteiger partial charge in [-0.3, -0.25) is 4.79 Å². The predicted octanol–water partition coefficient (Wildman–Crippen LogP) is 1.02. The zero-order valence-electron chi connectivity index (χ0n) is 9.55. The molecule has 0 saturated heterocycles. The minimum Gasteiger partial charge on any atom is -0.480 e. The van der Waals surface area contributed by atoms with E-state index in [2.05, 4.69) is 17.2 Å². The molecule has 0 saturated carbocycles. The van der Waals surface area contributed by atoms with E-state index in [1.54, 1.807) is 0 Å². The molecule has 0 aromatic rings. The van der Waals surface area contributed by atoms with Gasteiger partial charge in [0.05, 0.1) is 0 Å². The van der Waals surface area contributed by atoms with Gasteiger partial charge in [-0.15, -0.1) is 0 Å². The number of aliphatic carboxylic acids is 1. The molecular formula is C11H17NO3. The van der Waals surface area contributed by atoms with Crippen LogP contribution in [0.15, 0.2) is 0 Å². The molecule has 0 bridgehead atoms. The van der Waals surface area contributed by atoms with E-state index in [9.17, 15) is 9.59 Å². The summed E-state index contributed by atoms with van der Waals surface area (Å²) in [6.45, 7) is 7.10. The van der Waals surface area contributed by atoms with Crippen LogP contribution in [0.3, 0.4) is 0 Å². The summed E-state index contributed by atoms with van der Waals surface area (Å²) in [5.41, 5.74) is -0.153. The fourth-order valence-electron chi connectivity index (χ4n) is 0.864. The zero-order chi connectivity index (χ0) is 12.1. The molecule has 0 aromatic heterocycles. The smallest absolute Gasteiger partial charge is 0.327 e. The summed E-state index contributed by atoms with van der Waals surface area (Å²) in [5, 5.41) is 11.1. The van der Waals surface area contributed by atoms with Crippen LogP contribution >= 0.6 is 0 Å². The van der Waals surface area contributed by atoms with Crippen LogP contribution < -0.4 is 5.32 Å². The molecule has 15 heavy (non-hydrogen) atoms. The molecule has 0 aliphatic carbocycles. The van der Waals surface area contributed by atoms with Crippen molar-refractivity contribution in [1.82, 2.24) is 5.32 Å². The van der Waals surface area contributed by atoms with Crippen molar-refractivity contribution >= 4 is 11.9 Å². The van der Waals surface area contributed by atoms with Gasteiger partial charge in [0.25, 0.3) is 0 Å². The van der Waals surface area contributed by atoms with E-state index in [1.165, 1.54) is 6.92 Å². The number of amides is 1. The van der Waals surface area contributed by atoms with E-state index in [1.807, 2.05) is 20.8 Å². The molecule has 1 unspecified atom stereocenters. The zero-order valence-corrected chi connectivity index (χ0v) is 9.55. The highest BCUT2D eigenvalue weighted by molar-refractivity contribution is 5.82. The molecule has 0 radical (unpaired) electrons. The molecule has 0 spiro atoms. The molecule has 1 amide bonds. The number of nitrogens with one attached hydrogen (secondary N) is 1. The van der Waals surface area contributed by atoms with E-state index in [0.29, 0.717) is 0 Å². The van der Waals surface area contributed by atoms with Crippen LogP contribution in [0.25, 0.3) is 0 Å². The number of carbonyl (C=O) groups excluding carboxylic acids is 1. The molecule has 0 aliphatic rings. The van der Waals surface area contributed by atoms with Gasteiger partial charge in [-0.2, -0.15) is 0 Å². The van der Waals surface area contributed by atoms with E-state index in [4.69, 9.17) is 5.11 Å². The lowest BCUT2D eigenvalue weighted by molar-refractivity contribution is -0.141. The van der Waals surface area contributed by atoms with E-state index >= 15 is 0 Å². The molecule has 4 nitrogen and oxygen atoms in total. The Morgan fingerprint density at radius 3 is 2.27 bits per heavy atom. The van der Waals surface area contributed by atoms with Gasteiger partial charge in [-0.1, -0.05) is 11.8 Å². The minimum absolute atomic E-state index is 0.131. The first kappa shape index (κ1) is 13.5. The van der Waals surface area contributed by atoms with Crippen molar-refractivity contribution in [2.45, 2.75) is 40.2 Å². The molecular weight excluding hydrogens is 194 g/mol. The number of hydrogen-bond acceptors (Lipinski definition) is 2. The molecule has 0 heterocycles. The lowest BCUT2D eigenvalue weighted by Crippen LogP contribution is -2.39. The lowest BCUT2D eigenvalue weighted by atomic mass is 9.97. The molecule has 2 N–H and O–H groups in total. The van der Waals surface area contributed by atoms with Crippen LogP contribution in [-0.4, -0.2) is 23.0 Å². The summed E-state index contributed by atoms with van der Waals surface area (Å²) in [6, 6.07) is -0.919. The number of hydrogen-bond donors (Lipinski definition) is 2. The van der Waals surface area contributed by atoms with E-state index in [-0.39, 0.29) is 17.7 Å². The number of carbonyl (C=O) groups is 2. The van der Waals surface area contributed by atoms with Crippen LogP contribution in [0.2, 0.25) is 0 Å². The van der Waals surface area contributed by atoms with Crippen LogP contribution in [-0.2, 0) is 9.59 Å². The fourth-order valence-corrected chi connectivity index (χ4v) is 0.864. The van der Waals surface area contributed by atoms with Gasteiger partial charge in [0, 0.05) is 18.8 Å². The Bertz CT molecular complexity index is 304. The second-order valence-corrected chi connectivity index (χ2v) is 4.35. The molecule has 4 heteroatoms. The van der Waals surface area contributed by atoms with Gasteiger partial charge in [-0.05, 0) is 20.8 Å². The lowest BCUT2D eigenvalue weighted by Gasteiger charge is -2.10. The summed E-state index contributed by atoms with van der Waals surface area (Å²) < 4.78 is 0. The van der Waals surface area contributed by atoms with Gasteiger partial charge in [0.15, 0.2) is 0 Å². The third kappa shape index (κ3) is 7.56. The van der Waals surface area contributed by atoms with Crippen LogP contribution in [0.4, 0.5) is 0 Å². The summed E-state index contributed by atoms with van der Waals surface area (Å²) >= 11 is 0. The van der Waals surface area contributed by atoms with Crippen molar-refractivity contribution in [3.8, 4) is 11.8 Å². The van der Waals surface area contributed by atoms with Crippen LogP contribution in [0.1, 0.15) is 34.1 Å². The van der Waals surface area contributed by atoms with Crippen LogP contribution in [0, 0.1) is 17.3 Å². The highest BCUT2D eigenvalue weighted by atomic mass is 16.4. The fraction of sp³-hybridized carbons (Fsp3) is 0.636. The standard InChI is InChI=1S/C11H17NO3/c1-8(13)12-9(10(14)15)6-5-7-11(2,3)4/h9H,6H2,1-4H3,(H,12,13)(H,14,15).